The number of benzene rings is 2. The smallest absolute Gasteiger partial charge is 0.222 e. The van der Waals surface area contributed by atoms with E-state index in [0.717, 1.165) is 53.4 Å². The minimum Gasteiger partial charge on any atom is -0.497 e. The predicted molar refractivity (Wildman–Crippen MR) is 133 cm³/mol. The molecule has 0 fully saturated rings. The van der Waals surface area contributed by atoms with Crippen LogP contribution in [0.15, 0.2) is 47.5 Å². The molecule has 8 nitrogen and oxygen atoms in total. The lowest BCUT2D eigenvalue weighted by molar-refractivity contribution is -0.121. The Labute approximate surface area is 200 Å². The molecular weight excluding hydrogens is 428 g/mol. The highest BCUT2D eigenvalue weighted by Crippen LogP contribution is 2.34. The molecule has 3 N–H and O–H groups in total. The Balaban J connectivity index is 1.74. The van der Waals surface area contributed by atoms with Gasteiger partial charge in [0.1, 0.15) is 17.6 Å². The summed E-state index contributed by atoms with van der Waals surface area (Å²) in [7, 11) is 1.65. The van der Waals surface area contributed by atoms with Crippen molar-refractivity contribution in [1.82, 2.24) is 20.1 Å². The fraction of sp³-hybridized carbons (Fsp3) is 0.385. The molecule has 8 heteroatoms. The number of hydrogen-bond acceptors (Lipinski definition) is 6. The zero-order chi connectivity index (χ0) is 24.1. The van der Waals surface area contributed by atoms with E-state index in [0.29, 0.717) is 18.9 Å². The number of amides is 1. The fourth-order valence-corrected chi connectivity index (χ4v) is 4.20. The quantitative estimate of drug-likeness (QED) is 0.476. The van der Waals surface area contributed by atoms with Crippen LogP contribution in [0.3, 0.4) is 0 Å². The van der Waals surface area contributed by atoms with E-state index in [1.54, 1.807) is 7.11 Å². The predicted octanol–water partition coefficient (Wildman–Crippen LogP) is 3.42. The van der Waals surface area contributed by atoms with Gasteiger partial charge >= 0.3 is 0 Å². The first-order chi connectivity index (χ1) is 16.5. The number of ether oxygens (including phenoxy) is 1. The standard InChI is InChI=1S/C26H32N6O2/c1-17-7-9-19(10-8-17)25-21-15-20(34-3)11-12-23(21)32-18(2)30-31-26(32)22(29-25)16-24(33)28-14-6-4-5-13-27/h7-12,15,22H,4-6,13-14,16,27H2,1-3H3,(H,28,33)/t22-/m0/s1. The van der Waals surface area contributed by atoms with Gasteiger partial charge in [0.2, 0.25) is 5.91 Å². The molecule has 0 spiro atoms. The molecule has 1 aliphatic heterocycles. The van der Waals surface area contributed by atoms with Crippen LogP contribution in [0.4, 0.5) is 0 Å². The number of aliphatic imine (C=N–C) groups is 1. The first kappa shape index (κ1) is 23.6. The fourth-order valence-electron chi connectivity index (χ4n) is 4.20. The Bertz CT molecular complexity index is 1180. The zero-order valence-corrected chi connectivity index (χ0v) is 20.0. The zero-order valence-electron chi connectivity index (χ0n) is 20.0. The average molecular weight is 461 g/mol. The maximum atomic E-state index is 12.9. The number of hydrogen-bond donors (Lipinski definition) is 2. The van der Waals surface area contributed by atoms with Crippen molar-refractivity contribution < 1.29 is 9.53 Å². The number of aryl methyl sites for hydroxylation is 2. The minimum absolute atomic E-state index is 0.0551. The third-order valence-corrected chi connectivity index (χ3v) is 6.04. The maximum absolute atomic E-state index is 12.9. The third kappa shape index (κ3) is 5.02. The number of methoxy groups -OCH3 is 1. The molecule has 1 atom stereocenters. The summed E-state index contributed by atoms with van der Waals surface area (Å²) in [4.78, 5) is 18.0. The van der Waals surface area contributed by atoms with E-state index < -0.39 is 6.04 Å². The Kier molecular flexibility index (Phi) is 7.37. The average Bonchev–Trinajstić information content (AvgIpc) is 3.16. The summed E-state index contributed by atoms with van der Waals surface area (Å²) in [5.41, 5.74) is 10.3. The van der Waals surface area contributed by atoms with Crippen molar-refractivity contribution in [2.24, 2.45) is 10.7 Å². The van der Waals surface area contributed by atoms with Crippen molar-refractivity contribution in [3.63, 3.8) is 0 Å². The van der Waals surface area contributed by atoms with Gasteiger partial charge in [-0.25, -0.2) is 0 Å². The topological polar surface area (TPSA) is 107 Å². The number of aromatic nitrogens is 3. The highest BCUT2D eigenvalue weighted by atomic mass is 16.5. The van der Waals surface area contributed by atoms with Crippen LogP contribution in [0, 0.1) is 13.8 Å². The molecule has 178 valence electrons. The molecule has 1 aliphatic rings. The van der Waals surface area contributed by atoms with Crippen LogP contribution < -0.4 is 15.8 Å². The van der Waals surface area contributed by atoms with Crippen molar-refractivity contribution >= 4 is 11.6 Å². The van der Waals surface area contributed by atoms with Gasteiger partial charge in [-0.15, -0.1) is 10.2 Å². The number of fused-ring (bicyclic) bond motifs is 3. The number of rotatable bonds is 9. The van der Waals surface area contributed by atoms with E-state index in [9.17, 15) is 4.79 Å². The molecule has 0 saturated heterocycles. The van der Waals surface area contributed by atoms with Crippen molar-refractivity contribution in [2.75, 3.05) is 20.2 Å². The summed E-state index contributed by atoms with van der Waals surface area (Å²) in [6, 6.07) is 13.7. The summed E-state index contributed by atoms with van der Waals surface area (Å²) in [6.45, 7) is 5.27. The van der Waals surface area contributed by atoms with Gasteiger partial charge in [0.05, 0.1) is 24.9 Å². The second-order valence-electron chi connectivity index (χ2n) is 8.59. The Hall–Kier alpha value is -3.52. The number of nitrogens with two attached hydrogens (primary N) is 1. The third-order valence-electron chi connectivity index (χ3n) is 6.04. The molecule has 0 radical (unpaired) electrons. The second-order valence-corrected chi connectivity index (χ2v) is 8.59. The highest BCUT2D eigenvalue weighted by molar-refractivity contribution is 6.15. The van der Waals surface area contributed by atoms with Crippen LogP contribution >= 0.6 is 0 Å². The highest BCUT2D eigenvalue weighted by Gasteiger charge is 2.29. The van der Waals surface area contributed by atoms with Gasteiger partial charge < -0.3 is 15.8 Å². The largest absolute Gasteiger partial charge is 0.497 e. The molecule has 0 bridgehead atoms. The van der Waals surface area contributed by atoms with Gasteiger partial charge in [-0.05, 0) is 51.4 Å². The monoisotopic (exact) mass is 460 g/mol. The Morgan fingerprint density at radius 3 is 2.62 bits per heavy atom. The van der Waals surface area contributed by atoms with Crippen LogP contribution in [0.5, 0.6) is 5.75 Å². The molecule has 1 amide bonds. The van der Waals surface area contributed by atoms with Crippen molar-refractivity contribution in [3.8, 4) is 11.4 Å². The van der Waals surface area contributed by atoms with Crippen LogP contribution in [0.25, 0.3) is 5.69 Å². The second kappa shape index (κ2) is 10.6. The van der Waals surface area contributed by atoms with Crippen molar-refractivity contribution in [1.29, 1.82) is 0 Å². The summed E-state index contributed by atoms with van der Waals surface area (Å²) in [5.74, 6) is 2.08. The lowest BCUT2D eigenvalue weighted by Gasteiger charge is -2.14. The molecular formula is C26H32N6O2. The molecule has 0 aliphatic carbocycles. The van der Waals surface area contributed by atoms with Crippen LogP contribution in [0.2, 0.25) is 0 Å². The summed E-state index contributed by atoms with van der Waals surface area (Å²) in [6.07, 6.45) is 3.06. The molecule has 3 aromatic rings. The van der Waals surface area contributed by atoms with Gasteiger partial charge in [0.25, 0.3) is 0 Å². The molecule has 34 heavy (non-hydrogen) atoms. The number of carbonyl (C=O) groups excluding carboxylic acids is 1. The molecule has 1 aromatic heterocycles. The van der Waals surface area contributed by atoms with E-state index in [4.69, 9.17) is 15.5 Å². The molecule has 0 unspecified atom stereocenters. The van der Waals surface area contributed by atoms with Crippen LogP contribution in [-0.2, 0) is 4.79 Å². The number of nitrogens with one attached hydrogen (secondary N) is 1. The molecule has 2 heterocycles. The molecule has 2 aromatic carbocycles. The van der Waals surface area contributed by atoms with Crippen LogP contribution in [-0.4, -0.2) is 46.6 Å². The summed E-state index contributed by atoms with van der Waals surface area (Å²) >= 11 is 0. The van der Waals surface area contributed by atoms with Gasteiger partial charge in [-0.2, -0.15) is 0 Å². The molecule has 4 rings (SSSR count). The SMILES string of the molecule is COc1ccc2c(c1)C(c1ccc(C)cc1)=N[C@@H](CC(=O)NCCCCCN)c1nnc(C)n1-2. The Morgan fingerprint density at radius 1 is 1.09 bits per heavy atom. The number of carbonyl (C=O) groups is 1. The van der Waals surface area contributed by atoms with Gasteiger partial charge in [-0.3, -0.25) is 14.4 Å². The summed E-state index contributed by atoms with van der Waals surface area (Å²) < 4.78 is 7.52. The number of nitrogens with zero attached hydrogens (tertiary/aromatic N) is 4. The maximum Gasteiger partial charge on any atom is 0.222 e. The summed E-state index contributed by atoms with van der Waals surface area (Å²) in [5, 5.41) is 11.8. The first-order valence-corrected chi connectivity index (χ1v) is 11.7. The van der Waals surface area contributed by atoms with Crippen molar-refractivity contribution in [3.05, 3.63) is 70.8 Å². The van der Waals surface area contributed by atoms with Crippen molar-refractivity contribution in [2.45, 2.75) is 45.6 Å². The van der Waals surface area contributed by atoms with Gasteiger partial charge in [0.15, 0.2) is 5.82 Å². The van der Waals surface area contributed by atoms with E-state index in [1.165, 1.54) is 5.56 Å². The normalized spacial score (nSPS) is 14.6. The van der Waals surface area contributed by atoms with Gasteiger partial charge in [-0.1, -0.05) is 36.2 Å². The van der Waals surface area contributed by atoms with E-state index >= 15 is 0 Å². The number of unbranched alkanes of at least 4 members (excludes halogenated alkanes) is 2. The molecule has 0 saturated carbocycles. The van der Waals surface area contributed by atoms with E-state index in [2.05, 4.69) is 46.7 Å². The minimum atomic E-state index is -0.472. The van der Waals surface area contributed by atoms with Gasteiger partial charge in [0, 0.05) is 17.7 Å². The lowest BCUT2D eigenvalue weighted by Crippen LogP contribution is -2.26. The van der Waals surface area contributed by atoms with E-state index in [-0.39, 0.29) is 12.3 Å². The first-order valence-electron chi connectivity index (χ1n) is 11.7. The van der Waals surface area contributed by atoms with E-state index in [1.807, 2.05) is 29.7 Å². The van der Waals surface area contributed by atoms with Crippen LogP contribution in [0.1, 0.15) is 60.1 Å². The Morgan fingerprint density at radius 2 is 1.88 bits per heavy atom. The lowest BCUT2D eigenvalue weighted by atomic mass is 9.99.